The van der Waals surface area contributed by atoms with Gasteiger partial charge in [-0.05, 0) is 28.6 Å². The maximum atomic E-state index is 10.3. The van der Waals surface area contributed by atoms with Crippen LogP contribution >= 0.6 is 11.6 Å². The molecule has 0 amide bonds. The monoisotopic (exact) mass is 268 g/mol. The quantitative estimate of drug-likeness (QED) is 0.708. The molecule has 0 aliphatic rings. The number of halogens is 1. The van der Waals surface area contributed by atoms with Gasteiger partial charge in [-0.15, -0.1) is 0 Å². The lowest BCUT2D eigenvalue weighted by molar-refractivity contribution is 0.476. The Bertz CT molecular complexity index is 734. The molecule has 0 aromatic heterocycles. The van der Waals surface area contributed by atoms with E-state index in [4.69, 9.17) is 11.6 Å². The van der Waals surface area contributed by atoms with Gasteiger partial charge in [-0.2, -0.15) is 0 Å². The first kappa shape index (κ1) is 12.1. The summed E-state index contributed by atoms with van der Waals surface area (Å²) >= 11 is 5.98. The van der Waals surface area contributed by atoms with E-state index in [0.717, 1.165) is 26.9 Å². The van der Waals surface area contributed by atoms with Gasteiger partial charge in [0, 0.05) is 16.8 Å². The van der Waals surface area contributed by atoms with Gasteiger partial charge in [0.1, 0.15) is 5.75 Å². The van der Waals surface area contributed by atoms with Crippen LogP contribution in [0, 0.1) is 0 Å². The fourth-order valence-electron chi connectivity index (χ4n) is 2.31. The lowest BCUT2D eigenvalue weighted by Crippen LogP contribution is -1.89. The van der Waals surface area contributed by atoms with Crippen molar-refractivity contribution in [1.82, 2.24) is 0 Å². The number of aromatic hydroxyl groups is 1. The van der Waals surface area contributed by atoms with Crippen LogP contribution in [-0.4, -0.2) is 5.11 Å². The Morgan fingerprint density at radius 1 is 0.895 bits per heavy atom. The molecule has 0 unspecified atom stereocenters. The second-order valence-corrected chi connectivity index (χ2v) is 5.04. The topological polar surface area (TPSA) is 20.2 Å². The second kappa shape index (κ2) is 4.94. The summed E-state index contributed by atoms with van der Waals surface area (Å²) in [6.45, 7) is 0. The van der Waals surface area contributed by atoms with Crippen LogP contribution < -0.4 is 0 Å². The van der Waals surface area contributed by atoms with E-state index in [2.05, 4.69) is 0 Å². The SMILES string of the molecule is Oc1c(Cc2cccc(Cl)c2)ccc2ccccc12. The lowest BCUT2D eigenvalue weighted by Gasteiger charge is -2.08. The number of benzene rings is 3. The van der Waals surface area contributed by atoms with Crippen molar-refractivity contribution in [2.75, 3.05) is 0 Å². The Morgan fingerprint density at radius 2 is 1.74 bits per heavy atom. The Labute approximate surface area is 117 Å². The van der Waals surface area contributed by atoms with Crippen molar-refractivity contribution >= 4 is 22.4 Å². The molecule has 0 radical (unpaired) electrons. The molecule has 1 N–H and O–H groups in total. The molecular formula is C17H13ClO. The highest BCUT2D eigenvalue weighted by atomic mass is 35.5. The van der Waals surface area contributed by atoms with Crippen molar-refractivity contribution in [3.05, 3.63) is 76.8 Å². The number of fused-ring (bicyclic) bond motifs is 1. The number of phenolic OH excluding ortho intramolecular Hbond substituents is 1. The summed E-state index contributed by atoms with van der Waals surface area (Å²) in [6.07, 6.45) is 0.678. The molecule has 0 aliphatic heterocycles. The standard InChI is InChI=1S/C17H13ClO/c18-15-6-3-4-12(11-15)10-14-9-8-13-5-1-2-7-16(13)17(14)19/h1-9,11,19H,10H2. The van der Waals surface area contributed by atoms with Crippen molar-refractivity contribution in [3.8, 4) is 5.75 Å². The maximum Gasteiger partial charge on any atom is 0.126 e. The third-order valence-electron chi connectivity index (χ3n) is 3.27. The second-order valence-electron chi connectivity index (χ2n) is 4.60. The van der Waals surface area contributed by atoms with Crippen LogP contribution in [0.25, 0.3) is 10.8 Å². The molecule has 0 bridgehead atoms. The van der Waals surface area contributed by atoms with Gasteiger partial charge in [-0.25, -0.2) is 0 Å². The summed E-state index contributed by atoms with van der Waals surface area (Å²) in [5.41, 5.74) is 2.01. The molecule has 94 valence electrons. The lowest BCUT2D eigenvalue weighted by atomic mass is 10.00. The molecule has 19 heavy (non-hydrogen) atoms. The zero-order valence-corrected chi connectivity index (χ0v) is 11.1. The minimum Gasteiger partial charge on any atom is -0.507 e. The molecule has 0 saturated heterocycles. The van der Waals surface area contributed by atoms with Crippen LogP contribution in [0.3, 0.4) is 0 Å². The average Bonchev–Trinajstić information content (AvgIpc) is 2.42. The third-order valence-corrected chi connectivity index (χ3v) is 3.50. The summed E-state index contributed by atoms with van der Waals surface area (Å²) in [6, 6.07) is 19.6. The van der Waals surface area contributed by atoms with Crippen LogP contribution in [0.5, 0.6) is 5.75 Å². The molecule has 1 nitrogen and oxygen atoms in total. The summed E-state index contributed by atoms with van der Waals surface area (Å²) in [5.74, 6) is 0.359. The van der Waals surface area contributed by atoms with Crippen LogP contribution in [-0.2, 0) is 6.42 Å². The Hall–Kier alpha value is -1.99. The van der Waals surface area contributed by atoms with Gasteiger partial charge >= 0.3 is 0 Å². The maximum absolute atomic E-state index is 10.3. The highest BCUT2D eigenvalue weighted by Crippen LogP contribution is 2.30. The average molecular weight is 269 g/mol. The van der Waals surface area contributed by atoms with Crippen LogP contribution in [0.2, 0.25) is 5.02 Å². The first-order valence-corrected chi connectivity index (χ1v) is 6.56. The van der Waals surface area contributed by atoms with E-state index in [1.54, 1.807) is 0 Å². The van der Waals surface area contributed by atoms with Crippen molar-refractivity contribution in [2.45, 2.75) is 6.42 Å². The van der Waals surface area contributed by atoms with E-state index < -0.39 is 0 Å². The van der Waals surface area contributed by atoms with E-state index in [0.29, 0.717) is 12.2 Å². The molecule has 0 heterocycles. The van der Waals surface area contributed by atoms with E-state index in [-0.39, 0.29) is 0 Å². The molecular weight excluding hydrogens is 256 g/mol. The van der Waals surface area contributed by atoms with E-state index >= 15 is 0 Å². The molecule has 0 aliphatic carbocycles. The smallest absolute Gasteiger partial charge is 0.126 e. The number of phenols is 1. The zero-order valence-electron chi connectivity index (χ0n) is 10.3. The Morgan fingerprint density at radius 3 is 2.58 bits per heavy atom. The van der Waals surface area contributed by atoms with Gasteiger partial charge in [0.05, 0.1) is 0 Å². The van der Waals surface area contributed by atoms with Crippen molar-refractivity contribution in [2.24, 2.45) is 0 Å². The summed E-state index contributed by atoms with van der Waals surface area (Å²) in [4.78, 5) is 0. The van der Waals surface area contributed by atoms with Crippen LogP contribution in [0.4, 0.5) is 0 Å². The summed E-state index contributed by atoms with van der Waals surface area (Å²) in [5, 5.41) is 13.0. The molecule has 3 aromatic rings. The van der Waals surface area contributed by atoms with Crippen molar-refractivity contribution in [3.63, 3.8) is 0 Å². The van der Waals surface area contributed by atoms with Gasteiger partial charge in [0.2, 0.25) is 0 Å². The molecule has 3 aromatic carbocycles. The highest BCUT2D eigenvalue weighted by Gasteiger charge is 2.07. The molecule has 3 rings (SSSR count). The van der Waals surface area contributed by atoms with E-state index in [1.165, 1.54) is 0 Å². The molecule has 0 atom stereocenters. The minimum absolute atomic E-state index is 0.359. The molecule has 0 fully saturated rings. The van der Waals surface area contributed by atoms with Gasteiger partial charge in [-0.3, -0.25) is 0 Å². The summed E-state index contributed by atoms with van der Waals surface area (Å²) < 4.78 is 0. The van der Waals surface area contributed by atoms with Crippen molar-refractivity contribution < 1.29 is 5.11 Å². The van der Waals surface area contributed by atoms with Gasteiger partial charge < -0.3 is 5.11 Å². The predicted octanol–water partition coefficient (Wildman–Crippen LogP) is 4.79. The summed E-state index contributed by atoms with van der Waals surface area (Å²) in [7, 11) is 0. The highest BCUT2D eigenvalue weighted by molar-refractivity contribution is 6.30. The fraction of sp³-hybridized carbons (Fsp3) is 0.0588. The Balaban J connectivity index is 2.04. The van der Waals surface area contributed by atoms with Crippen LogP contribution in [0.1, 0.15) is 11.1 Å². The minimum atomic E-state index is 0.359. The van der Waals surface area contributed by atoms with E-state index in [1.807, 2.05) is 60.7 Å². The first-order chi connectivity index (χ1) is 9.24. The van der Waals surface area contributed by atoms with E-state index in [9.17, 15) is 5.11 Å². The first-order valence-electron chi connectivity index (χ1n) is 6.18. The normalized spacial score (nSPS) is 10.8. The molecule has 2 heteroatoms. The number of hydrogen-bond donors (Lipinski definition) is 1. The van der Waals surface area contributed by atoms with Gasteiger partial charge in [-0.1, -0.05) is 60.1 Å². The predicted molar refractivity (Wildman–Crippen MR) is 79.9 cm³/mol. The molecule has 0 spiro atoms. The zero-order chi connectivity index (χ0) is 13.2. The third kappa shape index (κ3) is 2.42. The Kier molecular flexibility index (Phi) is 3.14. The fourth-order valence-corrected chi connectivity index (χ4v) is 2.52. The van der Waals surface area contributed by atoms with Crippen LogP contribution in [0.15, 0.2) is 60.7 Å². The number of rotatable bonds is 2. The largest absolute Gasteiger partial charge is 0.507 e. The van der Waals surface area contributed by atoms with Gasteiger partial charge in [0.25, 0.3) is 0 Å². The van der Waals surface area contributed by atoms with Crippen molar-refractivity contribution in [1.29, 1.82) is 0 Å². The molecule has 0 saturated carbocycles. The number of hydrogen-bond acceptors (Lipinski definition) is 1. The van der Waals surface area contributed by atoms with Gasteiger partial charge in [0.15, 0.2) is 0 Å².